The fourth-order valence-electron chi connectivity index (χ4n) is 2.87. The van der Waals surface area contributed by atoms with Gasteiger partial charge < -0.3 is 26.4 Å². The molecule has 0 heterocycles. The number of rotatable bonds is 5. The summed E-state index contributed by atoms with van der Waals surface area (Å²) in [4.78, 5) is 24.6. The van der Waals surface area contributed by atoms with Crippen LogP contribution >= 0.6 is 0 Å². The van der Waals surface area contributed by atoms with E-state index in [1.165, 1.54) is 7.11 Å². The van der Waals surface area contributed by atoms with Crippen LogP contribution < -0.4 is 26.4 Å². The number of carbonyl (C=O) groups excluding carboxylic acids is 2. The summed E-state index contributed by atoms with van der Waals surface area (Å²) in [5.74, 6) is 0.338. The first-order valence-electron chi connectivity index (χ1n) is 7.82. The van der Waals surface area contributed by atoms with Crippen LogP contribution in [0, 0.1) is 0 Å². The molecule has 1 aliphatic carbocycles. The zero-order chi connectivity index (χ0) is 16.9. The highest BCUT2D eigenvalue weighted by Gasteiger charge is 2.42. The van der Waals surface area contributed by atoms with Gasteiger partial charge in [0.2, 0.25) is 5.91 Å². The molecule has 0 saturated heterocycles. The topological polar surface area (TPSA) is 105 Å². The molecule has 0 atom stereocenters. The highest BCUT2D eigenvalue weighted by Crippen LogP contribution is 2.32. The number of anilines is 2. The molecule has 0 spiro atoms. The predicted molar refractivity (Wildman–Crippen MR) is 89.4 cm³/mol. The molecule has 1 saturated carbocycles. The van der Waals surface area contributed by atoms with Crippen LogP contribution in [0.25, 0.3) is 0 Å². The monoisotopic (exact) mass is 320 g/mol. The van der Waals surface area contributed by atoms with Crippen molar-refractivity contribution in [3.63, 3.8) is 0 Å². The minimum atomic E-state index is -0.867. The van der Waals surface area contributed by atoms with Gasteiger partial charge in [-0.3, -0.25) is 4.79 Å². The summed E-state index contributed by atoms with van der Waals surface area (Å²) in [6, 6.07) is 4.75. The Kier molecular flexibility index (Phi) is 5.31. The lowest BCUT2D eigenvalue weighted by atomic mass is 9.96. The number of nitrogens with two attached hydrogens (primary N) is 1. The first kappa shape index (κ1) is 16.9. The van der Waals surface area contributed by atoms with E-state index >= 15 is 0 Å². The van der Waals surface area contributed by atoms with Crippen molar-refractivity contribution < 1.29 is 14.3 Å². The van der Waals surface area contributed by atoms with Gasteiger partial charge in [-0.05, 0) is 38.0 Å². The number of ether oxygens (including phenoxy) is 1. The second-order valence-corrected chi connectivity index (χ2v) is 5.68. The lowest BCUT2D eigenvalue weighted by Gasteiger charge is -2.29. The van der Waals surface area contributed by atoms with Crippen LogP contribution in [-0.2, 0) is 4.79 Å². The number of hydrogen-bond acceptors (Lipinski definition) is 4. The van der Waals surface area contributed by atoms with Crippen molar-refractivity contribution in [2.24, 2.45) is 0 Å². The molecule has 1 aromatic rings. The van der Waals surface area contributed by atoms with E-state index in [0.29, 0.717) is 36.5 Å². The van der Waals surface area contributed by atoms with E-state index in [-0.39, 0.29) is 11.9 Å². The van der Waals surface area contributed by atoms with Gasteiger partial charge >= 0.3 is 6.03 Å². The Hall–Kier alpha value is -2.44. The number of carbonyl (C=O) groups is 2. The van der Waals surface area contributed by atoms with Crippen LogP contribution in [0.2, 0.25) is 0 Å². The second kappa shape index (κ2) is 7.21. The van der Waals surface area contributed by atoms with Crippen LogP contribution in [0.5, 0.6) is 5.75 Å². The van der Waals surface area contributed by atoms with E-state index in [2.05, 4.69) is 16.0 Å². The highest BCUT2D eigenvalue weighted by atomic mass is 16.5. The fourth-order valence-corrected chi connectivity index (χ4v) is 2.87. The fraction of sp³-hybridized carbons (Fsp3) is 0.500. The maximum absolute atomic E-state index is 12.7. The number of hydrogen-bond donors (Lipinski definition) is 4. The van der Waals surface area contributed by atoms with E-state index < -0.39 is 5.54 Å². The van der Waals surface area contributed by atoms with Crippen LogP contribution in [-0.4, -0.2) is 31.1 Å². The molecule has 126 valence electrons. The van der Waals surface area contributed by atoms with Crippen LogP contribution in [0.4, 0.5) is 16.2 Å². The molecule has 0 radical (unpaired) electrons. The van der Waals surface area contributed by atoms with Gasteiger partial charge in [0, 0.05) is 12.2 Å². The summed E-state index contributed by atoms with van der Waals surface area (Å²) < 4.78 is 5.10. The van der Waals surface area contributed by atoms with E-state index in [4.69, 9.17) is 10.5 Å². The largest absolute Gasteiger partial charge is 0.495 e. The maximum atomic E-state index is 12.7. The van der Waals surface area contributed by atoms with E-state index in [1.54, 1.807) is 18.2 Å². The first-order chi connectivity index (χ1) is 11.0. The molecule has 0 unspecified atom stereocenters. The predicted octanol–water partition coefficient (Wildman–Crippen LogP) is 1.85. The van der Waals surface area contributed by atoms with Crippen LogP contribution in [0.1, 0.15) is 32.6 Å². The molecule has 1 aromatic carbocycles. The number of benzene rings is 1. The first-order valence-corrected chi connectivity index (χ1v) is 7.82. The average molecular weight is 320 g/mol. The summed E-state index contributed by atoms with van der Waals surface area (Å²) in [5, 5.41) is 8.35. The Morgan fingerprint density at radius 1 is 1.30 bits per heavy atom. The molecule has 7 heteroatoms. The number of methoxy groups -OCH3 is 1. The van der Waals surface area contributed by atoms with E-state index in [9.17, 15) is 9.59 Å². The lowest BCUT2D eigenvalue weighted by molar-refractivity contribution is -0.121. The third kappa shape index (κ3) is 3.85. The zero-order valence-electron chi connectivity index (χ0n) is 13.6. The summed E-state index contributed by atoms with van der Waals surface area (Å²) in [6.07, 6.45) is 3.07. The van der Waals surface area contributed by atoms with Gasteiger partial charge in [0.05, 0.1) is 12.8 Å². The summed E-state index contributed by atoms with van der Waals surface area (Å²) >= 11 is 0. The van der Waals surface area contributed by atoms with Gasteiger partial charge in [-0.1, -0.05) is 12.8 Å². The number of nitrogen functional groups attached to an aromatic ring is 1. The summed E-state index contributed by atoms with van der Waals surface area (Å²) in [6.45, 7) is 2.35. The lowest BCUT2D eigenvalue weighted by Crippen LogP contribution is -2.57. The highest BCUT2D eigenvalue weighted by molar-refractivity contribution is 6.01. The molecule has 23 heavy (non-hydrogen) atoms. The van der Waals surface area contributed by atoms with E-state index in [0.717, 1.165) is 12.8 Å². The van der Waals surface area contributed by atoms with Gasteiger partial charge in [0.1, 0.15) is 11.3 Å². The SMILES string of the molecule is CCNC(=O)NC1(C(=O)Nc2ccc(OC)c(N)c2)CCCC1. The molecule has 1 fully saturated rings. The molecule has 5 N–H and O–H groups in total. The van der Waals surface area contributed by atoms with Crippen LogP contribution in [0.15, 0.2) is 18.2 Å². The van der Waals surface area contributed by atoms with Crippen molar-refractivity contribution in [3.8, 4) is 5.75 Å². The average Bonchev–Trinajstić information content (AvgIpc) is 2.97. The normalized spacial score (nSPS) is 15.7. The molecule has 1 aliphatic rings. The van der Waals surface area contributed by atoms with Crippen LogP contribution in [0.3, 0.4) is 0 Å². The van der Waals surface area contributed by atoms with Crippen molar-refractivity contribution in [3.05, 3.63) is 18.2 Å². The minimum absolute atomic E-state index is 0.217. The zero-order valence-corrected chi connectivity index (χ0v) is 13.6. The van der Waals surface area contributed by atoms with Crippen molar-refractivity contribution in [1.82, 2.24) is 10.6 Å². The molecule has 7 nitrogen and oxygen atoms in total. The smallest absolute Gasteiger partial charge is 0.315 e. The van der Waals surface area contributed by atoms with Crippen molar-refractivity contribution in [1.29, 1.82) is 0 Å². The third-order valence-corrected chi connectivity index (χ3v) is 4.07. The van der Waals surface area contributed by atoms with E-state index in [1.807, 2.05) is 6.92 Å². The Balaban J connectivity index is 2.12. The molecule has 0 bridgehead atoms. The van der Waals surface area contributed by atoms with Crippen molar-refractivity contribution in [2.45, 2.75) is 38.1 Å². The number of amides is 3. The molecule has 3 amide bonds. The Morgan fingerprint density at radius 2 is 2.00 bits per heavy atom. The molecular weight excluding hydrogens is 296 g/mol. The molecule has 0 aromatic heterocycles. The molecular formula is C16H24N4O3. The maximum Gasteiger partial charge on any atom is 0.315 e. The van der Waals surface area contributed by atoms with Gasteiger partial charge in [-0.15, -0.1) is 0 Å². The second-order valence-electron chi connectivity index (χ2n) is 5.68. The Labute approximate surface area is 136 Å². The quantitative estimate of drug-likeness (QED) is 0.621. The summed E-state index contributed by atoms with van der Waals surface area (Å²) in [7, 11) is 1.54. The van der Waals surface area contributed by atoms with Crippen molar-refractivity contribution >= 4 is 23.3 Å². The van der Waals surface area contributed by atoms with Crippen molar-refractivity contribution in [2.75, 3.05) is 24.7 Å². The Morgan fingerprint density at radius 3 is 2.57 bits per heavy atom. The van der Waals surface area contributed by atoms with Gasteiger partial charge in [-0.2, -0.15) is 0 Å². The Bertz CT molecular complexity index is 583. The number of nitrogens with one attached hydrogen (secondary N) is 3. The summed E-state index contributed by atoms with van der Waals surface area (Å²) in [5.41, 5.74) is 6.02. The third-order valence-electron chi connectivity index (χ3n) is 4.07. The van der Waals surface area contributed by atoms with Gasteiger partial charge in [0.15, 0.2) is 0 Å². The number of urea groups is 1. The molecule has 2 rings (SSSR count). The molecule has 0 aliphatic heterocycles. The van der Waals surface area contributed by atoms with Gasteiger partial charge in [0.25, 0.3) is 0 Å². The minimum Gasteiger partial charge on any atom is -0.495 e. The van der Waals surface area contributed by atoms with Gasteiger partial charge in [-0.25, -0.2) is 4.79 Å². The standard InChI is InChI=1S/C16H24N4O3/c1-3-18-15(22)20-16(8-4-5-9-16)14(21)19-11-6-7-13(23-2)12(17)10-11/h6-7,10H,3-5,8-9,17H2,1-2H3,(H,19,21)(H2,18,20,22).